The van der Waals surface area contributed by atoms with Gasteiger partial charge in [0.1, 0.15) is 34.4 Å². The maximum atomic E-state index is 14.3. The van der Waals surface area contributed by atoms with Crippen LogP contribution in [0.2, 0.25) is 5.02 Å². The number of halogens is 5. The van der Waals surface area contributed by atoms with Gasteiger partial charge in [-0.3, -0.25) is 14.4 Å². The summed E-state index contributed by atoms with van der Waals surface area (Å²) >= 11 is 5.92. The first-order chi connectivity index (χ1) is 18.0. The minimum Gasteiger partial charge on any atom is -0.356 e. The van der Waals surface area contributed by atoms with E-state index < -0.39 is 77.1 Å². The number of fused-ring (bicyclic) bond motifs is 2. The van der Waals surface area contributed by atoms with E-state index in [0.717, 1.165) is 17.4 Å². The summed E-state index contributed by atoms with van der Waals surface area (Å²) in [6.07, 6.45) is 0.203. The standard InChI is InChI=1S/C25H24ClF4N5O3/c26-19-17(28)6-16(27)14-5-18(34-20(14)19)24(38)35-10-12-7-25(29,30)8-15(12)21(35)23(37)33-13(9-31)4-11-2-1-3-32-22(11)36/h5-6,11-13,15,21,34H,1-4,7-8,10H2,(H,32,36)(H,33,37)/t11-,12+,13+,15+,21+/m1/s1. The van der Waals surface area contributed by atoms with Crippen molar-refractivity contribution < 1.29 is 31.9 Å². The molecule has 1 aromatic heterocycles. The molecule has 13 heteroatoms. The lowest BCUT2D eigenvalue weighted by Crippen LogP contribution is -2.52. The fourth-order valence-corrected chi connectivity index (χ4v) is 6.25. The molecule has 8 nitrogen and oxygen atoms in total. The summed E-state index contributed by atoms with van der Waals surface area (Å²) in [6.45, 7) is 0.379. The van der Waals surface area contributed by atoms with Crippen molar-refractivity contribution in [1.29, 1.82) is 5.26 Å². The van der Waals surface area contributed by atoms with E-state index in [1.54, 1.807) is 0 Å². The molecular formula is C25H24ClF4N5O3. The highest BCUT2D eigenvalue weighted by Gasteiger charge is 2.58. The normalized spacial score (nSPS) is 27.1. The number of benzene rings is 1. The van der Waals surface area contributed by atoms with Crippen LogP contribution in [0, 0.1) is 40.7 Å². The van der Waals surface area contributed by atoms with Gasteiger partial charge in [-0.1, -0.05) is 11.6 Å². The smallest absolute Gasteiger partial charge is 0.271 e. The number of hydrogen-bond donors (Lipinski definition) is 3. The molecule has 5 rings (SSSR count). The molecule has 1 aromatic carbocycles. The van der Waals surface area contributed by atoms with Gasteiger partial charge >= 0.3 is 0 Å². The molecule has 0 bridgehead atoms. The first-order valence-electron chi connectivity index (χ1n) is 12.3. The third kappa shape index (κ3) is 4.68. The molecule has 3 amide bonds. The number of aromatic nitrogens is 1. The monoisotopic (exact) mass is 553 g/mol. The summed E-state index contributed by atoms with van der Waals surface area (Å²) in [7, 11) is 0. The van der Waals surface area contributed by atoms with Gasteiger partial charge in [0.25, 0.3) is 5.91 Å². The van der Waals surface area contributed by atoms with Crippen molar-refractivity contribution in [2.75, 3.05) is 13.1 Å². The lowest BCUT2D eigenvalue weighted by Gasteiger charge is -2.29. The molecule has 3 aliphatic rings. The van der Waals surface area contributed by atoms with E-state index in [1.165, 1.54) is 0 Å². The quantitative estimate of drug-likeness (QED) is 0.388. The van der Waals surface area contributed by atoms with Crippen LogP contribution in [0.4, 0.5) is 17.6 Å². The number of aromatic amines is 1. The Bertz CT molecular complexity index is 1360. The van der Waals surface area contributed by atoms with Crippen LogP contribution in [0.1, 0.15) is 42.6 Å². The van der Waals surface area contributed by atoms with Crippen LogP contribution in [-0.2, 0) is 9.59 Å². The van der Waals surface area contributed by atoms with Crippen LogP contribution in [0.15, 0.2) is 12.1 Å². The second-order valence-corrected chi connectivity index (χ2v) is 10.7. The number of nitrogens with zero attached hydrogens (tertiary/aromatic N) is 2. The first-order valence-corrected chi connectivity index (χ1v) is 12.7. The summed E-state index contributed by atoms with van der Waals surface area (Å²) in [4.78, 5) is 42.8. The number of hydrogen-bond acceptors (Lipinski definition) is 4. The third-order valence-electron chi connectivity index (χ3n) is 7.78. The number of nitrogens with one attached hydrogen (secondary N) is 3. The zero-order valence-corrected chi connectivity index (χ0v) is 20.8. The van der Waals surface area contributed by atoms with Gasteiger partial charge in [-0.25, -0.2) is 17.6 Å². The number of carbonyl (C=O) groups is 3. The highest BCUT2D eigenvalue weighted by atomic mass is 35.5. The Labute approximate surface area is 219 Å². The first kappa shape index (κ1) is 26.3. The van der Waals surface area contributed by atoms with Crippen molar-refractivity contribution in [3.8, 4) is 6.07 Å². The Morgan fingerprint density at radius 3 is 2.74 bits per heavy atom. The summed E-state index contributed by atoms with van der Waals surface area (Å²) in [5.74, 6) is -8.77. The third-order valence-corrected chi connectivity index (χ3v) is 8.15. The van der Waals surface area contributed by atoms with Crippen molar-refractivity contribution in [2.24, 2.45) is 17.8 Å². The van der Waals surface area contributed by atoms with Gasteiger partial charge in [-0.05, 0) is 37.2 Å². The Kier molecular flexibility index (Phi) is 6.75. The summed E-state index contributed by atoms with van der Waals surface area (Å²) in [5.41, 5.74) is -0.332. The molecule has 2 saturated heterocycles. The zero-order valence-electron chi connectivity index (χ0n) is 20.0. The van der Waals surface area contributed by atoms with Crippen LogP contribution in [0.5, 0.6) is 0 Å². The van der Waals surface area contributed by atoms with Gasteiger partial charge in [0, 0.05) is 43.3 Å². The predicted molar refractivity (Wildman–Crippen MR) is 127 cm³/mol. The van der Waals surface area contributed by atoms with Crippen LogP contribution >= 0.6 is 11.6 Å². The minimum atomic E-state index is -3.01. The fourth-order valence-electron chi connectivity index (χ4n) is 6.05. The Morgan fingerprint density at radius 2 is 2.03 bits per heavy atom. The Balaban J connectivity index is 1.41. The van der Waals surface area contributed by atoms with Gasteiger partial charge < -0.3 is 20.5 Å². The van der Waals surface area contributed by atoms with Gasteiger partial charge in [0.15, 0.2) is 0 Å². The number of H-pyrrole nitrogens is 1. The number of rotatable bonds is 5. The number of piperidine rings is 1. The average molecular weight is 554 g/mol. The van der Waals surface area contributed by atoms with Crippen molar-refractivity contribution >= 4 is 40.2 Å². The lowest BCUT2D eigenvalue weighted by molar-refractivity contribution is -0.129. The molecule has 202 valence electrons. The minimum absolute atomic E-state index is 0.0460. The molecule has 5 atom stereocenters. The highest BCUT2D eigenvalue weighted by Crippen LogP contribution is 2.50. The van der Waals surface area contributed by atoms with Crippen LogP contribution < -0.4 is 10.6 Å². The number of nitriles is 1. The predicted octanol–water partition coefficient (Wildman–Crippen LogP) is 3.51. The second kappa shape index (κ2) is 9.76. The van der Waals surface area contributed by atoms with Gasteiger partial charge in [0.2, 0.25) is 17.7 Å². The number of alkyl halides is 2. The van der Waals surface area contributed by atoms with Gasteiger partial charge in [-0.2, -0.15) is 5.26 Å². The fraction of sp³-hybridized carbons (Fsp3) is 0.520. The van der Waals surface area contributed by atoms with Crippen LogP contribution in [0.25, 0.3) is 10.9 Å². The van der Waals surface area contributed by atoms with Crippen LogP contribution in [-0.4, -0.2) is 58.7 Å². The van der Waals surface area contributed by atoms with E-state index in [-0.39, 0.29) is 35.5 Å². The molecule has 3 N–H and O–H groups in total. The molecule has 38 heavy (non-hydrogen) atoms. The van der Waals surface area contributed by atoms with E-state index >= 15 is 0 Å². The SMILES string of the molecule is N#C[C@H](C[C@H]1CCCNC1=O)NC(=O)[C@@H]1[C@H]2CC(F)(F)C[C@H]2CN1C(=O)c1cc2c(F)cc(F)c(Cl)c2[nH]1. The summed E-state index contributed by atoms with van der Waals surface area (Å²) in [6, 6.07) is 1.28. The molecule has 0 radical (unpaired) electrons. The Morgan fingerprint density at radius 1 is 1.26 bits per heavy atom. The number of amides is 3. The Hall–Kier alpha value is -3.33. The van der Waals surface area contributed by atoms with E-state index in [0.29, 0.717) is 19.0 Å². The van der Waals surface area contributed by atoms with E-state index in [2.05, 4.69) is 15.6 Å². The summed E-state index contributed by atoms with van der Waals surface area (Å²) in [5, 5.41) is 14.3. The van der Waals surface area contributed by atoms with E-state index in [9.17, 15) is 37.2 Å². The highest BCUT2D eigenvalue weighted by molar-refractivity contribution is 6.35. The van der Waals surface area contributed by atoms with Gasteiger partial charge in [-0.15, -0.1) is 0 Å². The maximum Gasteiger partial charge on any atom is 0.271 e. The van der Waals surface area contributed by atoms with E-state index in [4.69, 9.17) is 11.6 Å². The van der Waals surface area contributed by atoms with Crippen molar-refractivity contribution in [1.82, 2.24) is 20.5 Å². The van der Waals surface area contributed by atoms with Crippen molar-refractivity contribution in [3.05, 3.63) is 34.5 Å². The zero-order chi connectivity index (χ0) is 27.4. The molecule has 0 spiro atoms. The topological polar surface area (TPSA) is 118 Å². The molecule has 2 aliphatic heterocycles. The number of carbonyl (C=O) groups excluding carboxylic acids is 3. The molecule has 3 fully saturated rings. The second-order valence-electron chi connectivity index (χ2n) is 10.3. The summed E-state index contributed by atoms with van der Waals surface area (Å²) < 4.78 is 56.8. The maximum absolute atomic E-state index is 14.3. The molecule has 0 unspecified atom stereocenters. The molecule has 2 aromatic rings. The molecule has 1 saturated carbocycles. The van der Waals surface area contributed by atoms with Gasteiger partial charge in [0.05, 0.1) is 11.6 Å². The number of likely N-dealkylation sites (tertiary alicyclic amines) is 1. The molecule has 3 heterocycles. The largest absolute Gasteiger partial charge is 0.356 e. The average Bonchev–Trinajstić information content (AvgIpc) is 3.53. The van der Waals surface area contributed by atoms with Crippen molar-refractivity contribution in [2.45, 2.75) is 50.1 Å². The molecule has 1 aliphatic carbocycles. The molecular weight excluding hydrogens is 530 g/mol. The van der Waals surface area contributed by atoms with E-state index in [1.807, 2.05) is 6.07 Å². The van der Waals surface area contributed by atoms with Crippen molar-refractivity contribution in [3.63, 3.8) is 0 Å². The lowest BCUT2D eigenvalue weighted by atomic mass is 9.90. The van der Waals surface area contributed by atoms with Crippen LogP contribution in [0.3, 0.4) is 0 Å².